The molecule has 4 aromatic rings. The first kappa shape index (κ1) is 20.6. The van der Waals surface area contributed by atoms with E-state index in [4.69, 9.17) is 0 Å². The van der Waals surface area contributed by atoms with Crippen LogP contribution in [0.1, 0.15) is 26.1 Å². The quantitative estimate of drug-likeness (QED) is 0.462. The van der Waals surface area contributed by atoms with Crippen molar-refractivity contribution in [3.63, 3.8) is 0 Å². The van der Waals surface area contributed by atoms with E-state index in [-0.39, 0.29) is 5.56 Å². The van der Waals surface area contributed by atoms with Crippen LogP contribution in [0.3, 0.4) is 0 Å². The summed E-state index contributed by atoms with van der Waals surface area (Å²) in [6.07, 6.45) is 4.47. The van der Waals surface area contributed by atoms with E-state index in [9.17, 15) is 4.79 Å². The van der Waals surface area contributed by atoms with Crippen LogP contribution in [0.15, 0.2) is 47.5 Å². The summed E-state index contributed by atoms with van der Waals surface area (Å²) >= 11 is 0. The second-order valence-electron chi connectivity index (χ2n) is 8.72. The largest absolute Gasteiger partial charge is 0.338 e. The van der Waals surface area contributed by atoms with Gasteiger partial charge in [-0.15, -0.1) is 10.2 Å². The second-order valence-corrected chi connectivity index (χ2v) is 8.72. The van der Waals surface area contributed by atoms with Gasteiger partial charge in [-0.3, -0.25) is 18.7 Å². The molecular formula is C23H28N8O. The maximum Gasteiger partial charge on any atom is 0.262 e. The number of nitrogens with zero attached hydrogens (tertiary/aromatic N) is 8. The number of rotatable bonds is 6. The number of piperazine rings is 1. The van der Waals surface area contributed by atoms with Gasteiger partial charge in [-0.1, -0.05) is 26.0 Å². The minimum atomic E-state index is 0.00387. The molecule has 0 spiro atoms. The van der Waals surface area contributed by atoms with Gasteiger partial charge in [0.1, 0.15) is 0 Å². The molecule has 0 N–H and O–H groups in total. The molecule has 4 heterocycles. The summed E-state index contributed by atoms with van der Waals surface area (Å²) in [7, 11) is 0. The van der Waals surface area contributed by atoms with E-state index in [1.807, 2.05) is 30.3 Å². The number of hydrogen-bond acceptors (Lipinski definition) is 7. The maximum atomic E-state index is 13.2. The molecule has 166 valence electrons. The summed E-state index contributed by atoms with van der Waals surface area (Å²) in [5.41, 5.74) is 0.869. The molecule has 32 heavy (non-hydrogen) atoms. The number of para-hydroxylation sites is 1. The smallest absolute Gasteiger partial charge is 0.262 e. The first-order valence-corrected chi connectivity index (χ1v) is 11.2. The number of aryl methyl sites for hydroxylation is 1. The molecule has 1 aliphatic heterocycles. The van der Waals surface area contributed by atoms with E-state index >= 15 is 0 Å². The van der Waals surface area contributed by atoms with Gasteiger partial charge in [0.05, 0.1) is 17.4 Å². The van der Waals surface area contributed by atoms with Crippen LogP contribution >= 0.6 is 0 Å². The van der Waals surface area contributed by atoms with E-state index < -0.39 is 0 Å². The molecule has 1 aliphatic rings. The molecule has 0 saturated carbocycles. The van der Waals surface area contributed by atoms with Gasteiger partial charge in [-0.2, -0.15) is 0 Å². The van der Waals surface area contributed by atoms with Crippen molar-refractivity contribution in [1.29, 1.82) is 0 Å². The predicted molar refractivity (Wildman–Crippen MR) is 124 cm³/mol. The molecule has 9 heteroatoms. The summed E-state index contributed by atoms with van der Waals surface area (Å²) in [6.45, 7) is 9.14. The van der Waals surface area contributed by atoms with E-state index in [0.29, 0.717) is 30.2 Å². The zero-order valence-corrected chi connectivity index (χ0v) is 18.6. The number of aromatic nitrogens is 6. The minimum absolute atomic E-state index is 0.00387. The van der Waals surface area contributed by atoms with Gasteiger partial charge in [-0.25, -0.2) is 9.97 Å². The summed E-state index contributed by atoms with van der Waals surface area (Å²) in [5.74, 6) is 2.76. The Balaban J connectivity index is 1.44. The Kier molecular flexibility index (Phi) is 5.57. The van der Waals surface area contributed by atoms with Gasteiger partial charge in [0.2, 0.25) is 11.7 Å². The Bertz CT molecular complexity index is 1270. The number of anilines is 1. The summed E-state index contributed by atoms with van der Waals surface area (Å²) < 4.78 is 3.84. The molecule has 0 radical (unpaired) electrons. The zero-order chi connectivity index (χ0) is 22.1. The Morgan fingerprint density at radius 3 is 2.47 bits per heavy atom. The molecule has 0 amide bonds. The summed E-state index contributed by atoms with van der Waals surface area (Å²) in [6, 6.07) is 9.58. The first-order valence-electron chi connectivity index (χ1n) is 11.2. The summed E-state index contributed by atoms with van der Waals surface area (Å²) in [5, 5.41) is 9.68. The lowest BCUT2D eigenvalue weighted by molar-refractivity contribution is 0.242. The van der Waals surface area contributed by atoms with Crippen LogP contribution in [-0.2, 0) is 13.1 Å². The van der Waals surface area contributed by atoms with Gasteiger partial charge in [0, 0.05) is 45.1 Å². The lowest BCUT2D eigenvalue weighted by atomic mass is 10.1. The van der Waals surface area contributed by atoms with Crippen LogP contribution in [0.5, 0.6) is 0 Å². The molecule has 1 aromatic carbocycles. The third kappa shape index (κ3) is 3.84. The normalized spacial score (nSPS) is 15.3. The van der Waals surface area contributed by atoms with Crippen molar-refractivity contribution in [2.24, 2.45) is 5.92 Å². The van der Waals surface area contributed by atoms with E-state index in [1.54, 1.807) is 17.0 Å². The highest BCUT2D eigenvalue weighted by atomic mass is 16.1. The Morgan fingerprint density at radius 2 is 1.72 bits per heavy atom. The van der Waals surface area contributed by atoms with Gasteiger partial charge < -0.3 is 4.90 Å². The van der Waals surface area contributed by atoms with Crippen LogP contribution in [0.25, 0.3) is 16.7 Å². The number of fused-ring (bicyclic) bond motifs is 3. The number of hydrogen-bond donors (Lipinski definition) is 0. The summed E-state index contributed by atoms with van der Waals surface area (Å²) in [4.78, 5) is 26.5. The van der Waals surface area contributed by atoms with Crippen LogP contribution in [-0.4, -0.2) is 60.2 Å². The van der Waals surface area contributed by atoms with Crippen LogP contribution < -0.4 is 10.5 Å². The third-order valence-corrected chi connectivity index (χ3v) is 6.08. The van der Waals surface area contributed by atoms with Crippen molar-refractivity contribution < 1.29 is 0 Å². The van der Waals surface area contributed by atoms with Gasteiger partial charge in [-0.05, 0) is 30.5 Å². The highest BCUT2D eigenvalue weighted by molar-refractivity contribution is 5.80. The zero-order valence-electron chi connectivity index (χ0n) is 18.6. The fourth-order valence-corrected chi connectivity index (χ4v) is 4.27. The molecule has 0 atom stereocenters. The highest BCUT2D eigenvalue weighted by Gasteiger charge is 2.22. The molecule has 5 rings (SSSR count). The lowest BCUT2D eigenvalue weighted by Gasteiger charge is -2.34. The van der Waals surface area contributed by atoms with Crippen molar-refractivity contribution in [2.45, 2.75) is 33.4 Å². The highest BCUT2D eigenvalue weighted by Crippen LogP contribution is 2.18. The monoisotopic (exact) mass is 432 g/mol. The van der Waals surface area contributed by atoms with Gasteiger partial charge in [0.15, 0.2) is 5.82 Å². The molecule has 0 aliphatic carbocycles. The molecule has 1 saturated heterocycles. The van der Waals surface area contributed by atoms with Crippen molar-refractivity contribution in [3.8, 4) is 0 Å². The first-order chi connectivity index (χ1) is 15.6. The average Bonchev–Trinajstić information content (AvgIpc) is 3.23. The van der Waals surface area contributed by atoms with Crippen LogP contribution in [0.4, 0.5) is 5.95 Å². The van der Waals surface area contributed by atoms with E-state index in [1.165, 1.54) is 0 Å². The Labute approximate surface area is 186 Å². The SMILES string of the molecule is CC(C)CCn1c(=O)c2ccccc2n2c(CN3CCN(c4ncccn4)CC3)nnc12. The molecule has 3 aromatic heterocycles. The topological polar surface area (TPSA) is 84.5 Å². The Hall–Kier alpha value is -3.33. The molecule has 0 unspecified atom stereocenters. The average molecular weight is 433 g/mol. The van der Waals surface area contributed by atoms with E-state index in [0.717, 1.165) is 49.9 Å². The van der Waals surface area contributed by atoms with Crippen LogP contribution in [0, 0.1) is 5.92 Å². The molecular weight excluding hydrogens is 404 g/mol. The fraction of sp³-hybridized carbons (Fsp3) is 0.435. The van der Waals surface area contributed by atoms with Gasteiger partial charge in [0.25, 0.3) is 5.56 Å². The standard InChI is InChI=1S/C23H28N8O/c1-17(2)8-11-30-21(32)18-6-3-4-7-19(18)31-20(26-27-23(30)31)16-28-12-14-29(15-13-28)22-24-9-5-10-25-22/h3-7,9-10,17H,8,11-16H2,1-2H3. The third-order valence-electron chi connectivity index (χ3n) is 6.08. The second kappa shape index (κ2) is 8.66. The number of benzene rings is 1. The van der Waals surface area contributed by atoms with Crippen molar-refractivity contribution in [1.82, 2.24) is 34.0 Å². The maximum absolute atomic E-state index is 13.2. The molecule has 0 bridgehead atoms. The Morgan fingerprint density at radius 1 is 0.969 bits per heavy atom. The van der Waals surface area contributed by atoms with Crippen molar-refractivity contribution >= 4 is 22.6 Å². The van der Waals surface area contributed by atoms with Gasteiger partial charge >= 0.3 is 0 Å². The van der Waals surface area contributed by atoms with Crippen molar-refractivity contribution in [2.75, 3.05) is 31.1 Å². The minimum Gasteiger partial charge on any atom is -0.338 e. The molecule has 1 fully saturated rings. The van der Waals surface area contributed by atoms with Crippen molar-refractivity contribution in [3.05, 3.63) is 58.9 Å². The predicted octanol–water partition coefficient (Wildman–Crippen LogP) is 2.20. The fourth-order valence-electron chi connectivity index (χ4n) is 4.27. The van der Waals surface area contributed by atoms with E-state index in [2.05, 4.69) is 48.2 Å². The van der Waals surface area contributed by atoms with Crippen LogP contribution in [0.2, 0.25) is 0 Å². The molecule has 9 nitrogen and oxygen atoms in total. The lowest BCUT2D eigenvalue weighted by Crippen LogP contribution is -2.46.